The van der Waals surface area contributed by atoms with Crippen LogP contribution in [-0.2, 0) is 14.1 Å². The zero-order valence-electron chi connectivity index (χ0n) is 19.0. The number of anilines is 1. The van der Waals surface area contributed by atoms with E-state index in [9.17, 15) is 4.39 Å². The first-order valence-electron chi connectivity index (χ1n) is 10.3. The van der Waals surface area contributed by atoms with Gasteiger partial charge in [0.2, 0.25) is 5.28 Å². The van der Waals surface area contributed by atoms with Crippen LogP contribution in [0.4, 0.5) is 10.2 Å². The number of hydrogen-bond donors (Lipinski definition) is 1. The van der Waals surface area contributed by atoms with Gasteiger partial charge in [-0.25, -0.2) is 14.4 Å². The van der Waals surface area contributed by atoms with Crippen molar-refractivity contribution in [3.63, 3.8) is 0 Å². The molecule has 0 spiro atoms. The second kappa shape index (κ2) is 10.9. The molecule has 0 bridgehead atoms. The van der Waals surface area contributed by atoms with Crippen molar-refractivity contribution < 1.29 is 4.39 Å². The Bertz CT molecular complexity index is 1140. The highest BCUT2D eigenvalue weighted by atomic mass is 35.5. The van der Waals surface area contributed by atoms with E-state index in [0.717, 1.165) is 34.2 Å². The topological polar surface area (TPSA) is 73.5 Å². The fraction of sp³-hybridized carbons (Fsp3) is 0.364. The summed E-state index contributed by atoms with van der Waals surface area (Å²) in [6.45, 7) is 9.90. The van der Waals surface area contributed by atoms with Gasteiger partial charge in [-0.05, 0) is 36.7 Å². The minimum absolute atomic E-state index is 0.0237. The van der Waals surface area contributed by atoms with Crippen LogP contribution in [0.5, 0.6) is 0 Å². The summed E-state index contributed by atoms with van der Waals surface area (Å²) in [6, 6.07) is 5.60. The molecule has 7 nitrogen and oxygen atoms in total. The average molecular weight is 446 g/mol. The van der Waals surface area contributed by atoms with E-state index in [2.05, 4.69) is 26.4 Å². The van der Waals surface area contributed by atoms with Crippen molar-refractivity contribution in [3.8, 4) is 11.3 Å². The molecule has 9 heteroatoms. The molecule has 0 aliphatic carbocycles. The van der Waals surface area contributed by atoms with E-state index in [4.69, 9.17) is 16.6 Å². The average Bonchev–Trinajstić information content (AvgIpc) is 3.38. The summed E-state index contributed by atoms with van der Waals surface area (Å²) in [6.07, 6.45) is 4.73. The molecule has 0 aromatic carbocycles. The highest BCUT2D eigenvalue weighted by Crippen LogP contribution is 2.32. The molecule has 4 aromatic rings. The lowest BCUT2D eigenvalue weighted by Gasteiger charge is -2.18. The van der Waals surface area contributed by atoms with Gasteiger partial charge in [0, 0.05) is 32.1 Å². The number of nitrogens with one attached hydrogen (secondary N) is 1. The smallest absolute Gasteiger partial charge is 0.224 e. The highest BCUT2D eigenvalue weighted by Gasteiger charge is 2.20. The van der Waals surface area contributed by atoms with Gasteiger partial charge in [-0.15, -0.1) is 0 Å². The molecule has 0 aliphatic rings. The molecule has 0 saturated carbocycles. The summed E-state index contributed by atoms with van der Waals surface area (Å²) in [7, 11) is 3.84. The van der Waals surface area contributed by atoms with Gasteiger partial charge in [-0.3, -0.25) is 4.68 Å². The van der Waals surface area contributed by atoms with Crippen LogP contribution in [0.2, 0.25) is 5.28 Å². The summed E-state index contributed by atoms with van der Waals surface area (Å²) in [5.41, 5.74) is 4.43. The van der Waals surface area contributed by atoms with E-state index in [1.165, 1.54) is 0 Å². The lowest BCUT2D eigenvalue weighted by Crippen LogP contribution is -2.13. The Kier molecular flexibility index (Phi) is 8.50. The second-order valence-electron chi connectivity index (χ2n) is 6.29. The fourth-order valence-electron chi connectivity index (χ4n) is 3.09. The number of pyridine rings is 1. The third kappa shape index (κ3) is 5.19. The molecule has 0 saturated heterocycles. The number of aryl methyl sites for hydroxylation is 2. The Balaban J connectivity index is 0.000000807. The molecular formula is C22H29ClFN7. The van der Waals surface area contributed by atoms with Crippen LogP contribution in [0.15, 0.2) is 36.8 Å². The third-order valence-electron chi connectivity index (χ3n) is 4.47. The predicted molar refractivity (Wildman–Crippen MR) is 125 cm³/mol. The zero-order chi connectivity index (χ0) is 23.1. The Morgan fingerprint density at radius 1 is 1.10 bits per heavy atom. The first kappa shape index (κ1) is 24.3. The molecule has 1 atom stereocenters. The normalized spacial score (nSPS) is 11.3. The van der Waals surface area contributed by atoms with E-state index < -0.39 is 5.82 Å². The second-order valence-corrected chi connectivity index (χ2v) is 6.63. The predicted octanol–water partition coefficient (Wildman–Crippen LogP) is 5.78. The Hall–Kier alpha value is -3.00. The van der Waals surface area contributed by atoms with E-state index in [0.29, 0.717) is 0 Å². The van der Waals surface area contributed by atoms with Crippen molar-refractivity contribution in [2.75, 3.05) is 5.32 Å². The van der Waals surface area contributed by atoms with Crippen molar-refractivity contribution in [1.82, 2.24) is 29.3 Å². The van der Waals surface area contributed by atoms with Gasteiger partial charge in [0.15, 0.2) is 11.6 Å². The summed E-state index contributed by atoms with van der Waals surface area (Å²) >= 11 is 5.80. The van der Waals surface area contributed by atoms with Crippen LogP contribution in [-0.4, -0.2) is 29.3 Å². The molecule has 1 unspecified atom stereocenters. The standard InChI is InChI=1S/C18H17ClFN7.2C2H6/c1-10(23-17-12(20)9-21-18(19)25-17)16-11(14-4-6-22-27(14)3)8-15-13(24-16)5-7-26(15)2;2*1-2/h4-10H,1-3H3,(H,21,23,25);2*1-2H3. The monoisotopic (exact) mass is 445 g/mol. The van der Waals surface area contributed by atoms with Crippen LogP contribution in [0.1, 0.15) is 46.4 Å². The van der Waals surface area contributed by atoms with Gasteiger partial charge >= 0.3 is 0 Å². The van der Waals surface area contributed by atoms with E-state index >= 15 is 0 Å². The summed E-state index contributed by atoms with van der Waals surface area (Å²) in [4.78, 5) is 12.4. The van der Waals surface area contributed by atoms with Gasteiger partial charge in [0.1, 0.15) is 0 Å². The molecule has 0 radical (unpaired) electrons. The van der Waals surface area contributed by atoms with E-state index in [-0.39, 0.29) is 17.1 Å². The number of hydrogen-bond acceptors (Lipinski definition) is 5. The third-order valence-corrected chi connectivity index (χ3v) is 4.65. The van der Waals surface area contributed by atoms with Gasteiger partial charge < -0.3 is 9.88 Å². The van der Waals surface area contributed by atoms with Gasteiger partial charge in [-0.2, -0.15) is 10.1 Å². The van der Waals surface area contributed by atoms with Crippen LogP contribution in [0.25, 0.3) is 22.3 Å². The number of halogens is 2. The molecule has 4 heterocycles. The van der Waals surface area contributed by atoms with Gasteiger partial charge in [0.25, 0.3) is 0 Å². The number of aromatic nitrogens is 6. The molecular weight excluding hydrogens is 417 g/mol. The quantitative estimate of drug-likeness (QED) is 0.403. The lowest BCUT2D eigenvalue weighted by atomic mass is 10.0. The molecule has 0 fully saturated rings. The Morgan fingerprint density at radius 3 is 2.45 bits per heavy atom. The van der Waals surface area contributed by atoms with Crippen LogP contribution in [0.3, 0.4) is 0 Å². The maximum absolute atomic E-state index is 14.1. The number of rotatable bonds is 4. The minimum Gasteiger partial charge on any atom is -0.359 e. The molecule has 4 aromatic heterocycles. The van der Waals surface area contributed by atoms with Crippen molar-refractivity contribution in [2.45, 2.75) is 40.7 Å². The Morgan fingerprint density at radius 2 is 1.81 bits per heavy atom. The van der Waals surface area contributed by atoms with Gasteiger partial charge in [0.05, 0.1) is 34.7 Å². The molecule has 4 rings (SSSR count). The van der Waals surface area contributed by atoms with Crippen molar-refractivity contribution in [2.24, 2.45) is 14.1 Å². The molecule has 166 valence electrons. The summed E-state index contributed by atoms with van der Waals surface area (Å²) < 4.78 is 17.8. The summed E-state index contributed by atoms with van der Waals surface area (Å²) in [5.74, 6) is -0.539. The minimum atomic E-state index is -0.575. The zero-order valence-corrected chi connectivity index (χ0v) is 19.7. The largest absolute Gasteiger partial charge is 0.359 e. The lowest BCUT2D eigenvalue weighted by molar-refractivity contribution is 0.613. The molecule has 0 amide bonds. The van der Waals surface area contributed by atoms with Crippen LogP contribution < -0.4 is 5.32 Å². The first-order valence-corrected chi connectivity index (χ1v) is 10.7. The number of fused-ring (bicyclic) bond motifs is 1. The van der Waals surface area contributed by atoms with Crippen molar-refractivity contribution >= 4 is 28.5 Å². The number of nitrogens with zero attached hydrogens (tertiary/aromatic N) is 6. The molecule has 31 heavy (non-hydrogen) atoms. The van der Waals surface area contributed by atoms with Crippen LogP contribution >= 0.6 is 11.6 Å². The summed E-state index contributed by atoms with van der Waals surface area (Å²) in [5, 5.41) is 7.28. The SMILES string of the molecule is CC.CC.CC(Nc1nc(Cl)ncc1F)c1nc2ccn(C)c2cc1-c1ccnn1C. The van der Waals surface area contributed by atoms with E-state index in [1.807, 2.05) is 71.6 Å². The van der Waals surface area contributed by atoms with Crippen LogP contribution in [0, 0.1) is 5.82 Å². The van der Waals surface area contributed by atoms with Gasteiger partial charge in [-0.1, -0.05) is 27.7 Å². The Labute approximate surface area is 187 Å². The molecule has 0 aliphatic heterocycles. The highest BCUT2D eigenvalue weighted by molar-refractivity contribution is 6.28. The fourth-order valence-corrected chi connectivity index (χ4v) is 3.23. The van der Waals surface area contributed by atoms with Crippen molar-refractivity contribution in [3.05, 3.63) is 53.6 Å². The van der Waals surface area contributed by atoms with Crippen molar-refractivity contribution in [1.29, 1.82) is 0 Å². The molecule has 1 N–H and O–H groups in total. The first-order chi connectivity index (χ1) is 14.9. The van der Waals surface area contributed by atoms with E-state index in [1.54, 1.807) is 10.9 Å². The maximum Gasteiger partial charge on any atom is 0.224 e. The maximum atomic E-state index is 14.1.